The smallest absolute Gasteiger partial charge is 0.342 e. The van der Waals surface area contributed by atoms with E-state index < -0.39 is 17.2 Å². The molecule has 2 aliphatic heterocycles. The molecule has 1 aromatic carbocycles. The summed E-state index contributed by atoms with van der Waals surface area (Å²) in [6, 6.07) is 4.61. The molecule has 4 heterocycles. The molecular formula is C20H18FN5O3S. The van der Waals surface area contributed by atoms with Crippen molar-refractivity contribution in [3.63, 3.8) is 0 Å². The normalized spacial score (nSPS) is 18.3. The van der Waals surface area contributed by atoms with Gasteiger partial charge in [-0.15, -0.1) is 0 Å². The fraction of sp³-hybridized carbons (Fsp3) is 0.300. The molecule has 1 atom stereocenters. The molecule has 0 spiro atoms. The van der Waals surface area contributed by atoms with Crippen LogP contribution in [0.3, 0.4) is 0 Å². The summed E-state index contributed by atoms with van der Waals surface area (Å²) in [7, 11) is 0. The molecule has 0 saturated carbocycles. The van der Waals surface area contributed by atoms with Gasteiger partial charge in [0.1, 0.15) is 11.4 Å². The number of aromatic carboxylic acids is 1. The van der Waals surface area contributed by atoms with Crippen molar-refractivity contribution >= 4 is 40.3 Å². The number of rotatable bonds is 3. The molecule has 0 bridgehead atoms. The maximum Gasteiger partial charge on any atom is 0.342 e. The zero-order valence-corrected chi connectivity index (χ0v) is 16.9. The lowest BCUT2D eigenvalue weighted by Crippen LogP contribution is -2.47. The Morgan fingerprint density at radius 1 is 1.17 bits per heavy atom. The first-order valence-corrected chi connectivity index (χ1v) is 10.4. The molecule has 8 nitrogen and oxygen atoms in total. The molecule has 3 aromatic rings. The van der Waals surface area contributed by atoms with Gasteiger partial charge in [-0.1, -0.05) is 11.8 Å². The number of halogens is 1. The summed E-state index contributed by atoms with van der Waals surface area (Å²) in [4.78, 5) is 36.8. The minimum atomic E-state index is -1.28. The van der Waals surface area contributed by atoms with Gasteiger partial charge in [-0.25, -0.2) is 19.2 Å². The van der Waals surface area contributed by atoms with E-state index in [0.29, 0.717) is 48.4 Å². The Labute approximate surface area is 175 Å². The van der Waals surface area contributed by atoms with Gasteiger partial charge < -0.3 is 19.5 Å². The van der Waals surface area contributed by atoms with Gasteiger partial charge >= 0.3 is 5.97 Å². The quantitative estimate of drug-likeness (QED) is 0.682. The zero-order valence-electron chi connectivity index (χ0n) is 16.1. The van der Waals surface area contributed by atoms with Crippen LogP contribution >= 0.6 is 11.8 Å². The molecule has 5 rings (SSSR count). The number of carboxylic acids is 1. The van der Waals surface area contributed by atoms with E-state index in [1.165, 1.54) is 17.8 Å². The second-order valence-electron chi connectivity index (χ2n) is 7.25. The lowest BCUT2D eigenvalue weighted by molar-refractivity contribution is 0.0689. The summed E-state index contributed by atoms with van der Waals surface area (Å²) in [5.74, 6) is -1.16. The van der Waals surface area contributed by atoms with Crippen molar-refractivity contribution < 1.29 is 14.3 Å². The number of pyridine rings is 1. The van der Waals surface area contributed by atoms with Crippen molar-refractivity contribution in [2.45, 2.75) is 17.3 Å². The van der Waals surface area contributed by atoms with Crippen molar-refractivity contribution in [3.05, 3.63) is 52.2 Å². The van der Waals surface area contributed by atoms with Crippen LogP contribution in [0.4, 0.5) is 16.0 Å². The van der Waals surface area contributed by atoms with E-state index >= 15 is 4.39 Å². The molecule has 0 radical (unpaired) electrons. The molecule has 0 amide bonds. The number of hydrogen-bond donors (Lipinski definition) is 1. The molecule has 1 saturated heterocycles. The van der Waals surface area contributed by atoms with Crippen LogP contribution in [0, 0.1) is 5.82 Å². The molecule has 2 aromatic heterocycles. The van der Waals surface area contributed by atoms with Crippen LogP contribution in [0.2, 0.25) is 0 Å². The number of aromatic nitrogens is 3. The number of carboxylic acid groups (broad SMARTS) is 1. The van der Waals surface area contributed by atoms with Gasteiger partial charge in [-0.2, -0.15) is 0 Å². The van der Waals surface area contributed by atoms with Crippen molar-refractivity contribution in [3.8, 4) is 0 Å². The molecule has 1 N–H and O–H groups in total. The zero-order chi connectivity index (χ0) is 21.0. The predicted octanol–water partition coefficient (Wildman–Crippen LogP) is 2.58. The Hall–Kier alpha value is -3.14. The fourth-order valence-corrected chi connectivity index (χ4v) is 5.22. The van der Waals surface area contributed by atoms with Crippen molar-refractivity contribution in [1.82, 2.24) is 14.5 Å². The van der Waals surface area contributed by atoms with Gasteiger partial charge in [0.2, 0.25) is 11.4 Å². The van der Waals surface area contributed by atoms with Gasteiger partial charge in [-0.05, 0) is 25.1 Å². The monoisotopic (exact) mass is 427 g/mol. The molecular weight excluding hydrogens is 409 g/mol. The molecule has 0 aliphatic carbocycles. The molecule has 2 aliphatic rings. The van der Waals surface area contributed by atoms with E-state index in [2.05, 4.69) is 9.97 Å². The summed E-state index contributed by atoms with van der Waals surface area (Å²) in [6.07, 6.45) is 3.38. The summed E-state index contributed by atoms with van der Waals surface area (Å²) >= 11 is 1.34. The third-order valence-corrected chi connectivity index (χ3v) is 6.72. The number of nitrogens with zero attached hydrogens (tertiary/aromatic N) is 5. The highest BCUT2D eigenvalue weighted by molar-refractivity contribution is 8.00. The number of anilines is 2. The second-order valence-corrected chi connectivity index (χ2v) is 8.55. The van der Waals surface area contributed by atoms with Crippen LogP contribution in [0.5, 0.6) is 0 Å². The third-order valence-electron chi connectivity index (χ3n) is 5.54. The van der Waals surface area contributed by atoms with Crippen molar-refractivity contribution in [2.24, 2.45) is 0 Å². The average molecular weight is 427 g/mol. The summed E-state index contributed by atoms with van der Waals surface area (Å²) < 4.78 is 16.8. The Kier molecular flexibility index (Phi) is 4.39. The number of hydrogen-bond acceptors (Lipinski definition) is 7. The van der Waals surface area contributed by atoms with Gasteiger partial charge in [0, 0.05) is 44.0 Å². The fourth-order valence-electron chi connectivity index (χ4n) is 4.07. The average Bonchev–Trinajstić information content (AvgIpc) is 2.74. The van der Waals surface area contributed by atoms with Crippen LogP contribution in [-0.2, 0) is 0 Å². The van der Waals surface area contributed by atoms with Crippen LogP contribution < -0.4 is 15.2 Å². The molecule has 30 heavy (non-hydrogen) atoms. The SMILES string of the molecule is CC1Sc2c(C(=O)O)c(=O)c3cc(F)c(N4CCN(c5ncccn5)CC4)cc3n21. The third kappa shape index (κ3) is 2.82. The summed E-state index contributed by atoms with van der Waals surface area (Å²) in [5, 5.41) is 9.96. The Bertz CT molecular complexity index is 1220. The van der Waals surface area contributed by atoms with E-state index in [9.17, 15) is 14.7 Å². The van der Waals surface area contributed by atoms with Crippen molar-refractivity contribution in [1.29, 1.82) is 0 Å². The summed E-state index contributed by atoms with van der Waals surface area (Å²) in [5.41, 5.74) is 0.0581. The van der Waals surface area contributed by atoms with E-state index in [4.69, 9.17) is 0 Å². The van der Waals surface area contributed by atoms with E-state index in [0.717, 1.165) is 0 Å². The van der Waals surface area contributed by atoms with Gasteiger partial charge in [0.25, 0.3) is 0 Å². The topological polar surface area (TPSA) is 91.6 Å². The van der Waals surface area contributed by atoms with E-state index in [1.807, 2.05) is 21.3 Å². The molecule has 10 heteroatoms. The van der Waals surface area contributed by atoms with Gasteiger partial charge in [0.15, 0.2) is 0 Å². The maximum atomic E-state index is 15.0. The Morgan fingerprint density at radius 3 is 2.47 bits per heavy atom. The number of piperazine rings is 1. The first-order valence-electron chi connectivity index (χ1n) is 9.54. The highest BCUT2D eigenvalue weighted by Crippen LogP contribution is 2.46. The first-order chi connectivity index (χ1) is 14.5. The number of carbonyl (C=O) groups is 1. The number of thioether (sulfide) groups is 1. The van der Waals surface area contributed by atoms with Gasteiger partial charge in [0.05, 0.1) is 21.6 Å². The van der Waals surface area contributed by atoms with Crippen molar-refractivity contribution in [2.75, 3.05) is 36.0 Å². The molecule has 1 fully saturated rings. The Morgan fingerprint density at radius 2 is 1.83 bits per heavy atom. The van der Waals surface area contributed by atoms with Crippen LogP contribution in [0.1, 0.15) is 22.7 Å². The highest BCUT2D eigenvalue weighted by Gasteiger charge is 2.33. The highest BCUT2D eigenvalue weighted by atomic mass is 32.2. The minimum absolute atomic E-state index is 0.0217. The maximum absolute atomic E-state index is 15.0. The number of fused-ring (bicyclic) bond motifs is 3. The largest absolute Gasteiger partial charge is 0.477 e. The second kappa shape index (κ2) is 6.98. The summed E-state index contributed by atoms with van der Waals surface area (Å²) in [6.45, 7) is 4.37. The lowest BCUT2D eigenvalue weighted by atomic mass is 10.1. The molecule has 1 unspecified atom stereocenters. The Balaban J connectivity index is 1.52. The van der Waals surface area contributed by atoms with E-state index in [1.54, 1.807) is 24.5 Å². The standard InChI is InChI=1S/C20H18FN5O3S/c1-11-26-14-10-15(24-5-7-25(8-6-24)20-22-3-2-4-23-20)13(21)9-12(14)17(27)16(19(28)29)18(26)30-11/h2-4,9-11H,5-8H2,1H3,(H,28,29). The van der Waals surface area contributed by atoms with Crippen LogP contribution in [0.15, 0.2) is 40.4 Å². The van der Waals surface area contributed by atoms with Crippen LogP contribution in [0.25, 0.3) is 10.9 Å². The van der Waals surface area contributed by atoms with Gasteiger partial charge in [-0.3, -0.25) is 4.79 Å². The number of benzene rings is 1. The first kappa shape index (κ1) is 18.9. The van der Waals surface area contributed by atoms with Crippen LogP contribution in [-0.4, -0.2) is 51.8 Å². The lowest BCUT2D eigenvalue weighted by Gasteiger charge is -2.37. The molecule has 154 valence electrons. The van der Waals surface area contributed by atoms with E-state index in [-0.39, 0.29) is 16.3 Å². The predicted molar refractivity (Wildman–Crippen MR) is 112 cm³/mol. The minimum Gasteiger partial charge on any atom is -0.477 e.